The van der Waals surface area contributed by atoms with Crippen LogP contribution >= 0.6 is 0 Å². The van der Waals surface area contributed by atoms with Crippen LogP contribution in [0, 0.1) is 0 Å². The molecule has 1 amide bonds. The maximum atomic E-state index is 13.1. The summed E-state index contributed by atoms with van der Waals surface area (Å²) in [5, 5.41) is 119. The van der Waals surface area contributed by atoms with Crippen LogP contribution < -0.4 is 5.32 Å². The number of carbonyl (C=O) groups is 1. The maximum Gasteiger partial charge on any atom is 0.220 e. The number of amides is 1. The van der Waals surface area contributed by atoms with E-state index in [0.717, 1.165) is 70.6 Å². The molecule has 0 aromatic carbocycles. The summed E-state index contributed by atoms with van der Waals surface area (Å²) in [5.41, 5.74) is 0. The highest BCUT2D eigenvalue weighted by atomic mass is 16.8. The number of carbonyl (C=O) groups excluding carboxylic acids is 1. The molecule has 370 valence electrons. The lowest BCUT2D eigenvalue weighted by molar-refractivity contribution is -0.379. The number of ether oxygens (including phenoxy) is 6. The van der Waals surface area contributed by atoms with Crippen LogP contribution in [0.4, 0.5) is 0 Å². The van der Waals surface area contributed by atoms with Crippen LogP contribution in [0.5, 0.6) is 0 Å². The minimum absolute atomic E-state index is 0.256. The monoisotopic (exact) mass is 912 g/mol. The van der Waals surface area contributed by atoms with Crippen molar-refractivity contribution < 1.29 is 89.4 Å². The third-order valence-corrected chi connectivity index (χ3v) is 12.1. The predicted octanol–water partition coefficient (Wildman–Crippen LogP) is -0.0852. The summed E-state index contributed by atoms with van der Waals surface area (Å²) >= 11 is 0. The molecule has 19 nitrogen and oxygen atoms in total. The molecule has 3 heterocycles. The van der Waals surface area contributed by atoms with E-state index in [1.807, 2.05) is 0 Å². The van der Waals surface area contributed by atoms with Gasteiger partial charge in [-0.25, -0.2) is 0 Å². The van der Waals surface area contributed by atoms with E-state index in [-0.39, 0.29) is 18.9 Å². The Morgan fingerprint density at radius 1 is 0.556 bits per heavy atom. The van der Waals surface area contributed by atoms with Crippen molar-refractivity contribution in [2.45, 2.75) is 234 Å². The Morgan fingerprint density at radius 2 is 1.00 bits per heavy atom. The fraction of sp³-hybridized carbons (Fsp3) is 0.932. The summed E-state index contributed by atoms with van der Waals surface area (Å²) in [6.07, 6.45) is -4.57. The summed E-state index contributed by atoms with van der Waals surface area (Å²) in [4.78, 5) is 13.1. The second kappa shape index (κ2) is 30.7. The van der Waals surface area contributed by atoms with Crippen molar-refractivity contribution in [2.24, 2.45) is 0 Å². The summed E-state index contributed by atoms with van der Waals surface area (Å²) in [5.74, 6) is -0.262. The standard InChI is InChI=1S/C44H81NO18/c1-3-5-7-9-10-11-12-13-14-15-16-18-20-22-32(50)45-27(28(49)21-19-17-8-6-4-2)26-58-42-38(56)35(53)40(30(24-47)60-42)63-44-39(57)36(54)41(31(25-48)61-44)62-43-37(55)34(52)33(51)29(23-46)59-43/h11-12,27-31,33-44,46-49,51-57H,3-10,13-26H2,1-2H3,(H,45,50)/b12-11-. The molecular formula is C44H81NO18. The average Bonchev–Trinajstić information content (AvgIpc) is 3.28. The van der Waals surface area contributed by atoms with Crippen LogP contribution in [0.3, 0.4) is 0 Å². The molecule has 3 aliphatic rings. The van der Waals surface area contributed by atoms with Gasteiger partial charge in [-0.1, -0.05) is 96.6 Å². The average molecular weight is 912 g/mol. The Morgan fingerprint density at radius 3 is 1.56 bits per heavy atom. The number of rotatable bonds is 31. The fourth-order valence-corrected chi connectivity index (χ4v) is 8.07. The summed E-state index contributed by atoms with van der Waals surface area (Å²) in [7, 11) is 0. The van der Waals surface area contributed by atoms with Gasteiger partial charge >= 0.3 is 0 Å². The van der Waals surface area contributed by atoms with Gasteiger partial charge in [0.05, 0.1) is 38.6 Å². The van der Waals surface area contributed by atoms with E-state index in [1.54, 1.807) is 0 Å². The largest absolute Gasteiger partial charge is 0.394 e. The van der Waals surface area contributed by atoms with Gasteiger partial charge in [0, 0.05) is 6.42 Å². The van der Waals surface area contributed by atoms with E-state index in [4.69, 9.17) is 28.4 Å². The van der Waals surface area contributed by atoms with Gasteiger partial charge in [-0.15, -0.1) is 0 Å². The van der Waals surface area contributed by atoms with Gasteiger partial charge in [0.2, 0.25) is 5.91 Å². The Balaban J connectivity index is 1.55. The van der Waals surface area contributed by atoms with E-state index in [9.17, 15) is 61.0 Å². The number of hydrogen-bond acceptors (Lipinski definition) is 18. The van der Waals surface area contributed by atoms with Crippen LogP contribution in [-0.4, -0.2) is 193 Å². The minimum atomic E-state index is -1.97. The zero-order valence-electron chi connectivity index (χ0n) is 37.3. The SMILES string of the molecule is CCCCCC/C=C\CCCCCCCC(=O)NC(COC1OC(CO)C(OC2OC(CO)C(OC3OC(CO)C(O)C(O)C3O)C(O)C2O)C(O)C1O)C(O)CCCCCCC. The number of nitrogens with one attached hydrogen (secondary N) is 1. The molecule has 3 saturated heterocycles. The molecule has 0 saturated carbocycles. The summed E-state index contributed by atoms with van der Waals surface area (Å²) in [6.45, 7) is 1.60. The lowest BCUT2D eigenvalue weighted by Crippen LogP contribution is -2.66. The highest BCUT2D eigenvalue weighted by Gasteiger charge is 2.53. The normalized spacial score (nSPS) is 34.9. The van der Waals surface area contributed by atoms with E-state index in [2.05, 4.69) is 31.3 Å². The molecule has 3 aliphatic heterocycles. The third kappa shape index (κ3) is 17.9. The van der Waals surface area contributed by atoms with Gasteiger partial charge in [0.1, 0.15) is 73.2 Å². The van der Waals surface area contributed by atoms with E-state index in [1.165, 1.54) is 25.7 Å². The molecule has 19 heteroatoms. The molecule has 17 atom stereocenters. The second-order valence-corrected chi connectivity index (χ2v) is 17.2. The van der Waals surface area contributed by atoms with Crippen LogP contribution in [0.2, 0.25) is 0 Å². The summed E-state index contributed by atoms with van der Waals surface area (Å²) in [6, 6.07) is -0.882. The molecule has 12 N–H and O–H groups in total. The van der Waals surface area contributed by atoms with Crippen LogP contribution in [-0.2, 0) is 33.2 Å². The van der Waals surface area contributed by atoms with Crippen molar-refractivity contribution in [2.75, 3.05) is 26.4 Å². The highest BCUT2D eigenvalue weighted by Crippen LogP contribution is 2.33. The van der Waals surface area contributed by atoms with Crippen molar-refractivity contribution >= 4 is 5.91 Å². The third-order valence-electron chi connectivity index (χ3n) is 12.1. The molecule has 0 aliphatic carbocycles. The minimum Gasteiger partial charge on any atom is -0.394 e. The molecule has 0 aromatic rings. The number of aliphatic hydroxyl groups is 11. The molecule has 17 unspecified atom stereocenters. The predicted molar refractivity (Wildman–Crippen MR) is 227 cm³/mol. The lowest BCUT2D eigenvalue weighted by atomic mass is 9.96. The zero-order chi connectivity index (χ0) is 46.3. The number of unbranched alkanes of at least 4 members (excludes halogenated alkanes) is 13. The lowest BCUT2D eigenvalue weighted by Gasteiger charge is -2.48. The first-order chi connectivity index (χ1) is 30.3. The topological polar surface area (TPSA) is 307 Å². The van der Waals surface area contributed by atoms with Crippen molar-refractivity contribution in [3.05, 3.63) is 12.2 Å². The van der Waals surface area contributed by atoms with E-state index in [0.29, 0.717) is 12.8 Å². The molecule has 0 bridgehead atoms. The highest BCUT2D eigenvalue weighted by molar-refractivity contribution is 5.76. The van der Waals surface area contributed by atoms with Gasteiger partial charge in [-0.3, -0.25) is 4.79 Å². The fourth-order valence-electron chi connectivity index (χ4n) is 8.07. The molecule has 0 aromatic heterocycles. The number of aliphatic hydroxyl groups excluding tert-OH is 11. The van der Waals surface area contributed by atoms with Crippen LogP contribution in [0.15, 0.2) is 12.2 Å². The van der Waals surface area contributed by atoms with Crippen LogP contribution in [0.25, 0.3) is 0 Å². The Bertz CT molecular complexity index is 1230. The number of allylic oxidation sites excluding steroid dienone is 2. The second-order valence-electron chi connectivity index (χ2n) is 17.2. The van der Waals surface area contributed by atoms with Gasteiger partial charge in [0.25, 0.3) is 0 Å². The smallest absolute Gasteiger partial charge is 0.220 e. The molecule has 63 heavy (non-hydrogen) atoms. The summed E-state index contributed by atoms with van der Waals surface area (Å²) < 4.78 is 33.9. The Kier molecular flexibility index (Phi) is 27.3. The first kappa shape index (κ1) is 55.9. The van der Waals surface area contributed by atoms with E-state index >= 15 is 0 Å². The first-order valence-corrected chi connectivity index (χ1v) is 23.4. The number of hydrogen-bond donors (Lipinski definition) is 12. The molecule has 3 fully saturated rings. The molecule has 0 spiro atoms. The van der Waals surface area contributed by atoms with Gasteiger partial charge in [-0.2, -0.15) is 0 Å². The quantitative estimate of drug-likeness (QED) is 0.0320. The molecule has 0 radical (unpaired) electrons. The first-order valence-electron chi connectivity index (χ1n) is 23.4. The molecule has 3 rings (SSSR count). The van der Waals surface area contributed by atoms with Gasteiger partial charge in [-0.05, 0) is 38.5 Å². The van der Waals surface area contributed by atoms with Crippen LogP contribution in [0.1, 0.15) is 129 Å². The van der Waals surface area contributed by atoms with Crippen molar-refractivity contribution in [3.8, 4) is 0 Å². The van der Waals surface area contributed by atoms with Crippen molar-refractivity contribution in [1.82, 2.24) is 5.32 Å². The van der Waals surface area contributed by atoms with Gasteiger partial charge < -0.3 is 89.9 Å². The Labute approximate surface area is 372 Å². The zero-order valence-corrected chi connectivity index (χ0v) is 37.3. The van der Waals surface area contributed by atoms with Crippen molar-refractivity contribution in [3.63, 3.8) is 0 Å². The Hall–Kier alpha value is -1.47. The van der Waals surface area contributed by atoms with Gasteiger partial charge in [0.15, 0.2) is 18.9 Å². The maximum absolute atomic E-state index is 13.1. The van der Waals surface area contributed by atoms with E-state index < -0.39 is 124 Å². The molecular weight excluding hydrogens is 830 g/mol. The van der Waals surface area contributed by atoms with Crippen molar-refractivity contribution in [1.29, 1.82) is 0 Å².